The van der Waals surface area contributed by atoms with E-state index in [1.54, 1.807) is 16.2 Å². The number of piperidine rings is 1. The van der Waals surface area contributed by atoms with Crippen molar-refractivity contribution in [1.29, 1.82) is 0 Å². The number of nitrogens with zero attached hydrogens (tertiary/aromatic N) is 4. The van der Waals surface area contributed by atoms with Gasteiger partial charge in [-0.15, -0.1) is 0 Å². The summed E-state index contributed by atoms with van der Waals surface area (Å²) in [6.07, 6.45) is 6.33. The number of amides is 2. The van der Waals surface area contributed by atoms with Gasteiger partial charge in [-0.1, -0.05) is 0 Å². The zero-order valence-electron chi connectivity index (χ0n) is 14.5. The summed E-state index contributed by atoms with van der Waals surface area (Å²) in [7, 11) is 5.98. The molecule has 1 aliphatic heterocycles. The zero-order chi connectivity index (χ0) is 17.1. The lowest BCUT2D eigenvalue weighted by Gasteiger charge is -2.40. The number of nitrogens with one attached hydrogen (secondary N) is 1. The van der Waals surface area contributed by atoms with E-state index in [1.807, 2.05) is 41.8 Å². The number of hydrogen-bond acceptors (Lipinski definition) is 4. The quantitative estimate of drug-likeness (QED) is 0.925. The van der Waals surface area contributed by atoms with Gasteiger partial charge >= 0.3 is 6.03 Å². The van der Waals surface area contributed by atoms with Gasteiger partial charge in [0.05, 0.1) is 11.9 Å². The first-order valence-corrected chi connectivity index (χ1v) is 9.22. The molecule has 0 unspecified atom stereocenters. The third-order valence-corrected chi connectivity index (χ3v) is 5.38. The van der Waals surface area contributed by atoms with Crippen LogP contribution in [0.25, 0.3) is 0 Å². The van der Waals surface area contributed by atoms with Crippen LogP contribution in [0.1, 0.15) is 24.4 Å². The molecule has 3 rings (SSSR count). The molecule has 1 aliphatic rings. The monoisotopic (exact) mass is 347 g/mol. The molecule has 6 nitrogen and oxygen atoms in total. The molecule has 0 spiro atoms. The lowest BCUT2D eigenvalue weighted by Crippen LogP contribution is -2.43. The summed E-state index contributed by atoms with van der Waals surface area (Å²) in [6, 6.07) is 2.18. The Labute approximate surface area is 147 Å². The van der Waals surface area contributed by atoms with Gasteiger partial charge in [0.2, 0.25) is 0 Å². The predicted molar refractivity (Wildman–Crippen MR) is 97.3 cm³/mol. The maximum absolute atomic E-state index is 12.4. The number of carbonyl (C=O) groups is 1. The Morgan fingerprint density at radius 1 is 1.50 bits per heavy atom. The SMILES string of the molecule is CN(C[C@@H]1CCCN(C)[C@H]1c1cnn(C)c1)C(=O)Nc1ccsc1. The fourth-order valence-electron chi connectivity index (χ4n) is 3.56. The van der Waals surface area contributed by atoms with Gasteiger partial charge in [-0.05, 0) is 43.8 Å². The molecule has 7 heteroatoms. The molecule has 3 heterocycles. The first-order valence-electron chi connectivity index (χ1n) is 8.27. The first kappa shape index (κ1) is 17.0. The normalized spacial score (nSPS) is 21.6. The molecular formula is C17H25N5OS. The number of likely N-dealkylation sites (tertiary alicyclic amines) is 1. The van der Waals surface area contributed by atoms with Crippen molar-refractivity contribution < 1.29 is 4.79 Å². The van der Waals surface area contributed by atoms with Crippen LogP contribution in [0.4, 0.5) is 10.5 Å². The van der Waals surface area contributed by atoms with Crippen molar-refractivity contribution in [2.24, 2.45) is 13.0 Å². The van der Waals surface area contributed by atoms with E-state index in [4.69, 9.17) is 0 Å². The number of rotatable bonds is 4. The van der Waals surface area contributed by atoms with E-state index >= 15 is 0 Å². The Hall–Kier alpha value is -1.86. The summed E-state index contributed by atoms with van der Waals surface area (Å²) in [5, 5.41) is 11.2. The molecule has 2 amide bonds. The average Bonchev–Trinajstić information content (AvgIpc) is 3.19. The van der Waals surface area contributed by atoms with Crippen LogP contribution in [0, 0.1) is 5.92 Å². The minimum atomic E-state index is -0.0495. The van der Waals surface area contributed by atoms with E-state index in [0.29, 0.717) is 12.0 Å². The topological polar surface area (TPSA) is 53.4 Å². The second-order valence-corrected chi connectivity index (χ2v) is 7.38. The summed E-state index contributed by atoms with van der Waals surface area (Å²) in [4.78, 5) is 16.6. The third-order valence-electron chi connectivity index (χ3n) is 4.70. The highest BCUT2D eigenvalue weighted by Gasteiger charge is 2.32. The molecule has 1 saturated heterocycles. The Balaban J connectivity index is 1.68. The van der Waals surface area contributed by atoms with Crippen LogP contribution in [0.2, 0.25) is 0 Å². The van der Waals surface area contributed by atoms with E-state index < -0.39 is 0 Å². The minimum absolute atomic E-state index is 0.0495. The van der Waals surface area contributed by atoms with Crippen molar-refractivity contribution in [1.82, 2.24) is 19.6 Å². The molecule has 2 atom stereocenters. The summed E-state index contributed by atoms with van der Waals surface area (Å²) < 4.78 is 1.85. The predicted octanol–water partition coefficient (Wildman–Crippen LogP) is 3.03. The molecular weight excluding hydrogens is 322 g/mol. The summed E-state index contributed by atoms with van der Waals surface area (Å²) in [6.45, 7) is 1.82. The molecule has 0 bridgehead atoms. The molecule has 1 N–H and O–H groups in total. The van der Waals surface area contributed by atoms with Gasteiger partial charge in [0, 0.05) is 43.8 Å². The van der Waals surface area contributed by atoms with Gasteiger partial charge in [-0.25, -0.2) is 4.79 Å². The van der Waals surface area contributed by atoms with Crippen LogP contribution in [-0.2, 0) is 7.05 Å². The number of thiophene rings is 1. The lowest BCUT2D eigenvalue weighted by molar-refractivity contribution is 0.101. The Kier molecular flexibility index (Phi) is 5.20. The second kappa shape index (κ2) is 7.36. The molecule has 24 heavy (non-hydrogen) atoms. The van der Waals surface area contributed by atoms with Crippen LogP contribution in [0.5, 0.6) is 0 Å². The van der Waals surface area contributed by atoms with E-state index in [1.165, 1.54) is 5.56 Å². The Morgan fingerprint density at radius 3 is 3.00 bits per heavy atom. The summed E-state index contributed by atoms with van der Waals surface area (Å²) >= 11 is 1.58. The third kappa shape index (κ3) is 3.79. The molecule has 2 aromatic heterocycles. The number of urea groups is 1. The number of aromatic nitrogens is 2. The number of anilines is 1. The van der Waals surface area contributed by atoms with Crippen molar-refractivity contribution in [3.05, 3.63) is 34.8 Å². The van der Waals surface area contributed by atoms with Gasteiger partial charge in [0.25, 0.3) is 0 Å². The highest BCUT2D eigenvalue weighted by atomic mass is 32.1. The second-order valence-electron chi connectivity index (χ2n) is 6.60. The standard InChI is InChI=1S/C17H25N5OS/c1-20-7-4-5-13(16(20)14-9-18-22(3)11-14)10-21(2)17(23)19-15-6-8-24-12-15/h6,8-9,11-13,16H,4-5,7,10H2,1-3H3,(H,19,23)/t13-,16+/m0/s1. The zero-order valence-corrected chi connectivity index (χ0v) is 15.3. The molecule has 0 aromatic carbocycles. The van der Waals surface area contributed by atoms with E-state index in [9.17, 15) is 4.79 Å². The molecule has 130 valence electrons. The van der Waals surface area contributed by atoms with Gasteiger partial charge in [-0.2, -0.15) is 16.4 Å². The lowest BCUT2D eigenvalue weighted by atomic mass is 9.86. The van der Waals surface area contributed by atoms with Crippen LogP contribution < -0.4 is 5.32 Å². The Morgan fingerprint density at radius 2 is 2.33 bits per heavy atom. The number of aryl methyl sites for hydroxylation is 1. The molecule has 0 saturated carbocycles. The fraction of sp³-hybridized carbons (Fsp3) is 0.529. The van der Waals surface area contributed by atoms with Crippen LogP contribution in [-0.4, -0.2) is 52.8 Å². The Bertz CT molecular complexity index is 668. The van der Waals surface area contributed by atoms with Crippen molar-refractivity contribution in [2.75, 3.05) is 32.5 Å². The van der Waals surface area contributed by atoms with E-state index in [0.717, 1.165) is 31.6 Å². The molecule has 2 aromatic rings. The van der Waals surface area contributed by atoms with Crippen molar-refractivity contribution >= 4 is 23.1 Å². The van der Waals surface area contributed by atoms with Gasteiger partial charge < -0.3 is 10.2 Å². The largest absolute Gasteiger partial charge is 0.327 e. The smallest absolute Gasteiger partial charge is 0.321 e. The fourth-order valence-corrected chi connectivity index (χ4v) is 4.15. The maximum Gasteiger partial charge on any atom is 0.321 e. The molecule has 1 fully saturated rings. The van der Waals surface area contributed by atoms with Crippen molar-refractivity contribution in [3.63, 3.8) is 0 Å². The summed E-state index contributed by atoms with van der Waals surface area (Å²) in [5.74, 6) is 0.408. The first-order chi connectivity index (χ1) is 11.5. The van der Waals surface area contributed by atoms with Crippen molar-refractivity contribution in [2.45, 2.75) is 18.9 Å². The summed E-state index contributed by atoms with van der Waals surface area (Å²) in [5.41, 5.74) is 2.10. The van der Waals surface area contributed by atoms with Crippen LogP contribution in [0.15, 0.2) is 29.2 Å². The highest BCUT2D eigenvalue weighted by Crippen LogP contribution is 2.35. The van der Waals surface area contributed by atoms with E-state index in [2.05, 4.69) is 28.6 Å². The van der Waals surface area contributed by atoms with Gasteiger partial charge in [0.1, 0.15) is 0 Å². The molecule has 0 radical (unpaired) electrons. The number of carbonyl (C=O) groups excluding carboxylic acids is 1. The maximum atomic E-state index is 12.4. The minimum Gasteiger partial charge on any atom is -0.327 e. The average molecular weight is 347 g/mol. The van der Waals surface area contributed by atoms with E-state index in [-0.39, 0.29) is 6.03 Å². The highest BCUT2D eigenvalue weighted by molar-refractivity contribution is 7.08. The van der Waals surface area contributed by atoms with Gasteiger partial charge in [0.15, 0.2) is 0 Å². The number of hydrogen-bond donors (Lipinski definition) is 1. The van der Waals surface area contributed by atoms with Crippen LogP contribution in [0.3, 0.4) is 0 Å². The van der Waals surface area contributed by atoms with Gasteiger partial charge in [-0.3, -0.25) is 9.58 Å². The molecule has 0 aliphatic carbocycles. The van der Waals surface area contributed by atoms with Crippen molar-refractivity contribution in [3.8, 4) is 0 Å². The van der Waals surface area contributed by atoms with Crippen LogP contribution >= 0.6 is 11.3 Å².